The molecule has 1 aromatic heterocycles. The van der Waals surface area contributed by atoms with E-state index in [4.69, 9.17) is 0 Å². The molecule has 2 unspecified atom stereocenters. The fraction of sp³-hybridized carbons (Fsp3) is 0.765. The van der Waals surface area contributed by atoms with Gasteiger partial charge in [0.05, 0.1) is 6.54 Å². The molecule has 1 aliphatic carbocycles. The maximum Gasteiger partial charge on any atom is 0.191 e. The van der Waals surface area contributed by atoms with E-state index in [1.165, 1.54) is 25.7 Å². The van der Waals surface area contributed by atoms with Crippen LogP contribution in [0.15, 0.2) is 17.4 Å². The van der Waals surface area contributed by atoms with E-state index in [1.54, 1.807) is 0 Å². The molecule has 2 atom stereocenters. The minimum atomic E-state index is 0. The molecule has 1 aliphatic rings. The van der Waals surface area contributed by atoms with Crippen LogP contribution in [-0.4, -0.2) is 28.6 Å². The quantitative estimate of drug-likeness (QED) is 0.425. The number of hydrogen-bond acceptors (Lipinski definition) is 2. The number of hydrogen-bond donors (Lipinski definition) is 2. The molecule has 1 aromatic rings. The maximum absolute atomic E-state index is 4.45. The second kappa shape index (κ2) is 10.2. The van der Waals surface area contributed by atoms with Crippen LogP contribution in [0, 0.1) is 11.8 Å². The van der Waals surface area contributed by atoms with E-state index >= 15 is 0 Å². The van der Waals surface area contributed by atoms with Crippen LogP contribution in [0.5, 0.6) is 0 Å². The normalized spacial score (nSPS) is 21.9. The second-order valence-electron chi connectivity index (χ2n) is 6.93. The Morgan fingerprint density at radius 2 is 2.22 bits per heavy atom. The number of guanidine groups is 1. The topological polar surface area (TPSA) is 54.2 Å². The van der Waals surface area contributed by atoms with Gasteiger partial charge in [-0.3, -0.25) is 4.99 Å². The molecular formula is C17H32IN5. The van der Waals surface area contributed by atoms with Crippen molar-refractivity contribution in [2.24, 2.45) is 16.8 Å². The number of nitrogens with zero attached hydrogens (tertiary/aromatic N) is 3. The Balaban J connectivity index is 0.00000264. The van der Waals surface area contributed by atoms with E-state index in [1.807, 2.05) is 13.2 Å². The van der Waals surface area contributed by atoms with Crippen molar-refractivity contribution in [2.75, 3.05) is 7.05 Å². The highest BCUT2D eigenvalue weighted by Gasteiger charge is 2.19. The molecule has 0 aromatic carbocycles. The van der Waals surface area contributed by atoms with Crippen LogP contribution in [0.3, 0.4) is 0 Å². The number of nitrogens with one attached hydrogen (secondary N) is 2. The van der Waals surface area contributed by atoms with Gasteiger partial charge in [-0.15, -0.1) is 24.0 Å². The summed E-state index contributed by atoms with van der Waals surface area (Å²) in [5.41, 5.74) is 0. The molecule has 23 heavy (non-hydrogen) atoms. The van der Waals surface area contributed by atoms with Crippen LogP contribution in [0.2, 0.25) is 0 Å². The van der Waals surface area contributed by atoms with Gasteiger partial charge in [0, 0.05) is 32.0 Å². The van der Waals surface area contributed by atoms with Crippen molar-refractivity contribution in [3.8, 4) is 0 Å². The average Bonchev–Trinajstić information content (AvgIpc) is 2.90. The summed E-state index contributed by atoms with van der Waals surface area (Å²) in [7, 11) is 1.84. The van der Waals surface area contributed by atoms with Crippen molar-refractivity contribution in [1.82, 2.24) is 20.2 Å². The van der Waals surface area contributed by atoms with Crippen molar-refractivity contribution in [1.29, 1.82) is 0 Å². The molecule has 0 amide bonds. The molecule has 1 fully saturated rings. The number of aliphatic imine (C=N–C) groups is 1. The van der Waals surface area contributed by atoms with E-state index < -0.39 is 0 Å². The lowest BCUT2D eigenvalue weighted by Gasteiger charge is -2.28. The Bertz CT molecular complexity index is 483. The van der Waals surface area contributed by atoms with Crippen LogP contribution in [0.1, 0.15) is 52.3 Å². The van der Waals surface area contributed by atoms with Gasteiger partial charge in [0.25, 0.3) is 0 Å². The molecule has 0 aliphatic heterocycles. The zero-order chi connectivity index (χ0) is 15.9. The van der Waals surface area contributed by atoms with Gasteiger partial charge in [0.2, 0.25) is 0 Å². The van der Waals surface area contributed by atoms with Crippen molar-refractivity contribution in [3.05, 3.63) is 18.2 Å². The fourth-order valence-corrected chi connectivity index (χ4v) is 3.18. The molecule has 1 heterocycles. The molecule has 0 radical (unpaired) electrons. The lowest BCUT2D eigenvalue weighted by Crippen LogP contribution is -2.45. The Labute approximate surface area is 157 Å². The molecule has 1 saturated carbocycles. The minimum Gasteiger partial charge on any atom is -0.354 e. The van der Waals surface area contributed by atoms with Crippen molar-refractivity contribution in [3.63, 3.8) is 0 Å². The molecule has 132 valence electrons. The van der Waals surface area contributed by atoms with E-state index in [0.717, 1.165) is 24.2 Å². The van der Waals surface area contributed by atoms with Crippen LogP contribution in [0.4, 0.5) is 0 Å². The molecule has 0 spiro atoms. The van der Waals surface area contributed by atoms with Gasteiger partial charge in [0.1, 0.15) is 5.82 Å². The van der Waals surface area contributed by atoms with Crippen LogP contribution in [-0.2, 0) is 13.1 Å². The van der Waals surface area contributed by atoms with Gasteiger partial charge < -0.3 is 15.2 Å². The number of rotatable bonds is 5. The molecule has 2 N–H and O–H groups in total. The van der Waals surface area contributed by atoms with E-state index in [0.29, 0.717) is 18.5 Å². The second-order valence-corrected chi connectivity index (χ2v) is 6.93. The zero-order valence-electron chi connectivity index (χ0n) is 14.9. The summed E-state index contributed by atoms with van der Waals surface area (Å²) in [4.78, 5) is 8.81. The SMILES string of the molecule is CN=C(NCc1nccn1CC(C)C)NC1CCCC(C)C1.I. The van der Waals surface area contributed by atoms with Gasteiger partial charge in [-0.1, -0.05) is 33.6 Å². The molecule has 0 bridgehead atoms. The van der Waals surface area contributed by atoms with Gasteiger partial charge >= 0.3 is 0 Å². The first-order valence-corrected chi connectivity index (χ1v) is 8.55. The lowest BCUT2D eigenvalue weighted by atomic mass is 9.87. The third kappa shape index (κ3) is 6.69. The molecule has 0 saturated heterocycles. The smallest absolute Gasteiger partial charge is 0.191 e. The van der Waals surface area contributed by atoms with Crippen LogP contribution >= 0.6 is 24.0 Å². The number of halogens is 1. The van der Waals surface area contributed by atoms with Crippen molar-refractivity contribution < 1.29 is 0 Å². The summed E-state index contributed by atoms with van der Waals surface area (Å²) in [6, 6.07) is 0.547. The van der Waals surface area contributed by atoms with Crippen molar-refractivity contribution >= 4 is 29.9 Å². The molecule has 2 rings (SSSR count). The third-order valence-electron chi connectivity index (χ3n) is 4.28. The van der Waals surface area contributed by atoms with Gasteiger partial charge in [-0.25, -0.2) is 4.98 Å². The molecular weight excluding hydrogens is 401 g/mol. The summed E-state index contributed by atoms with van der Waals surface area (Å²) in [6.45, 7) is 8.50. The Morgan fingerprint density at radius 3 is 2.87 bits per heavy atom. The average molecular weight is 433 g/mol. The first kappa shape index (κ1) is 20.3. The van der Waals surface area contributed by atoms with Crippen LogP contribution < -0.4 is 10.6 Å². The van der Waals surface area contributed by atoms with Crippen molar-refractivity contribution in [2.45, 2.75) is 65.6 Å². The first-order valence-electron chi connectivity index (χ1n) is 8.55. The lowest BCUT2D eigenvalue weighted by molar-refractivity contribution is 0.324. The third-order valence-corrected chi connectivity index (χ3v) is 4.28. The summed E-state index contributed by atoms with van der Waals surface area (Å²) < 4.78 is 2.22. The fourth-order valence-electron chi connectivity index (χ4n) is 3.18. The maximum atomic E-state index is 4.45. The number of aromatic nitrogens is 2. The minimum absolute atomic E-state index is 0. The predicted octanol–water partition coefficient (Wildman–Crippen LogP) is 3.40. The molecule has 5 nitrogen and oxygen atoms in total. The summed E-state index contributed by atoms with van der Waals surface area (Å²) in [6.07, 6.45) is 9.08. The Hall–Kier alpha value is -0.790. The highest BCUT2D eigenvalue weighted by atomic mass is 127. The van der Waals surface area contributed by atoms with Gasteiger partial charge in [-0.05, 0) is 24.7 Å². The zero-order valence-corrected chi connectivity index (χ0v) is 17.2. The number of imidazole rings is 1. The summed E-state index contributed by atoms with van der Waals surface area (Å²) in [5.74, 6) is 3.38. The van der Waals surface area contributed by atoms with E-state index in [2.05, 4.69) is 52.1 Å². The first-order chi connectivity index (χ1) is 10.6. The highest BCUT2D eigenvalue weighted by molar-refractivity contribution is 14.0. The predicted molar refractivity (Wildman–Crippen MR) is 107 cm³/mol. The highest BCUT2D eigenvalue weighted by Crippen LogP contribution is 2.23. The van der Waals surface area contributed by atoms with Crippen LogP contribution in [0.25, 0.3) is 0 Å². The monoisotopic (exact) mass is 433 g/mol. The molecule has 6 heteroatoms. The Kier molecular flexibility index (Phi) is 8.94. The summed E-state index contributed by atoms with van der Waals surface area (Å²) in [5, 5.41) is 6.96. The van der Waals surface area contributed by atoms with Gasteiger partial charge in [-0.2, -0.15) is 0 Å². The Morgan fingerprint density at radius 1 is 1.43 bits per heavy atom. The van der Waals surface area contributed by atoms with E-state index in [-0.39, 0.29) is 24.0 Å². The largest absolute Gasteiger partial charge is 0.354 e. The van der Waals surface area contributed by atoms with E-state index in [9.17, 15) is 0 Å². The standard InChI is InChI=1S/C17H31N5.HI/c1-13(2)12-22-9-8-19-16(22)11-20-17(18-4)21-15-7-5-6-14(3)10-15;/h8-9,13-15H,5-7,10-12H2,1-4H3,(H2,18,20,21);1H. The summed E-state index contributed by atoms with van der Waals surface area (Å²) >= 11 is 0. The van der Waals surface area contributed by atoms with Gasteiger partial charge in [0.15, 0.2) is 5.96 Å².